The third-order valence-corrected chi connectivity index (χ3v) is 14.2. The van der Waals surface area contributed by atoms with E-state index in [2.05, 4.69) is 5.32 Å². The van der Waals surface area contributed by atoms with E-state index in [1.165, 1.54) is 26.2 Å². The highest BCUT2D eigenvalue weighted by Crippen LogP contribution is 2.65. The molecule has 2 bridgehead atoms. The van der Waals surface area contributed by atoms with Crippen molar-refractivity contribution < 1.29 is 81.7 Å². The summed E-state index contributed by atoms with van der Waals surface area (Å²) in [5, 5.41) is 27.9. The summed E-state index contributed by atoms with van der Waals surface area (Å²) < 4.78 is 47.5. The summed E-state index contributed by atoms with van der Waals surface area (Å²) in [6, 6.07) is 14.5. The number of rotatable bonds is 15. The zero-order valence-corrected chi connectivity index (χ0v) is 40.9. The number of hydrogen-bond donors (Lipinski definition) is 3. The number of nitrogens with one attached hydrogen (secondary N) is 1. The molecule has 18 heteroatoms. The van der Waals surface area contributed by atoms with Crippen LogP contribution in [0.1, 0.15) is 110 Å². The van der Waals surface area contributed by atoms with Crippen LogP contribution in [0.15, 0.2) is 71.8 Å². The fraction of sp³-hybridized carbons (Fsp3) is 0.588. The summed E-state index contributed by atoms with van der Waals surface area (Å²) in [7, 11) is 1.40. The van der Waals surface area contributed by atoms with Crippen LogP contribution in [0.3, 0.4) is 0 Å². The number of esters is 5. The number of fused-ring (bicyclic) bond motifs is 5. The molecule has 0 radical (unpaired) electrons. The number of alkyl carbamates (subject to hydrolysis) is 1. The van der Waals surface area contributed by atoms with Crippen LogP contribution in [0.4, 0.5) is 4.79 Å². The molecule has 0 aromatic heterocycles. The van der Waals surface area contributed by atoms with Crippen LogP contribution in [-0.2, 0) is 61.9 Å². The highest BCUT2D eigenvalue weighted by atomic mass is 16.6. The van der Waals surface area contributed by atoms with Crippen LogP contribution < -0.4 is 5.32 Å². The minimum absolute atomic E-state index is 0.00126. The molecule has 2 aromatic rings. The topological polar surface area (TPSA) is 246 Å². The van der Waals surface area contributed by atoms with Crippen molar-refractivity contribution in [2.24, 2.45) is 22.7 Å². The molecule has 1 amide bonds. The highest BCUT2D eigenvalue weighted by Gasteiger charge is 2.78. The van der Waals surface area contributed by atoms with Gasteiger partial charge in [0.25, 0.3) is 0 Å². The first-order valence-corrected chi connectivity index (χ1v) is 23.2. The first-order valence-electron chi connectivity index (χ1n) is 23.2. The van der Waals surface area contributed by atoms with E-state index >= 15 is 9.59 Å². The van der Waals surface area contributed by atoms with Gasteiger partial charge in [0.1, 0.15) is 35.6 Å². The van der Waals surface area contributed by atoms with Crippen molar-refractivity contribution in [3.63, 3.8) is 0 Å². The molecule has 376 valence electrons. The molecule has 4 aliphatic rings. The van der Waals surface area contributed by atoms with Gasteiger partial charge in [0.15, 0.2) is 18.0 Å². The Morgan fingerprint density at radius 3 is 2.13 bits per heavy atom. The number of ether oxygens (including phenoxy) is 8. The summed E-state index contributed by atoms with van der Waals surface area (Å²) >= 11 is 0. The third kappa shape index (κ3) is 10.0. The van der Waals surface area contributed by atoms with E-state index < -0.39 is 137 Å². The average molecular weight is 964 g/mol. The van der Waals surface area contributed by atoms with E-state index in [0.29, 0.717) is 6.42 Å². The maximum Gasteiger partial charge on any atom is 0.408 e. The number of carbonyl (C=O) groups excluding carboxylic acids is 7. The van der Waals surface area contributed by atoms with Crippen molar-refractivity contribution in [1.82, 2.24) is 5.32 Å². The molecule has 18 nitrogen and oxygen atoms in total. The molecule has 3 fully saturated rings. The predicted octanol–water partition coefficient (Wildman–Crippen LogP) is 5.06. The lowest BCUT2D eigenvalue weighted by Gasteiger charge is -2.68. The van der Waals surface area contributed by atoms with Crippen molar-refractivity contribution in [2.45, 2.75) is 141 Å². The molecule has 2 saturated carbocycles. The van der Waals surface area contributed by atoms with Crippen molar-refractivity contribution in [3.05, 3.63) is 82.9 Å². The van der Waals surface area contributed by atoms with Crippen molar-refractivity contribution in [2.75, 3.05) is 26.9 Å². The Labute approximate surface area is 401 Å². The van der Waals surface area contributed by atoms with Gasteiger partial charge >= 0.3 is 35.9 Å². The van der Waals surface area contributed by atoms with Gasteiger partial charge in [0.05, 0.1) is 42.1 Å². The zero-order valence-electron chi connectivity index (χ0n) is 40.9. The van der Waals surface area contributed by atoms with Gasteiger partial charge in [-0.15, -0.1) is 0 Å². The fourth-order valence-corrected chi connectivity index (χ4v) is 11.0. The number of hydrogen-bond acceptors (Lipinski definition) is 17. The molecule has 0 spiro atoms. The van der Waals surface area contributed by atoms with Gasteiger partial charge in [0.2, 0.25) is 6.10 Å². The maximum absolute atomic E-state index is 15.7. The van der Waals surface area contributed by atoms with Crippen LogP contribution in [0.25, 0.3) is 0 Å². The Hall–Kier alpha value is -5.69. The van der Waals surface area contributed by atoms with Crippen LogP contribution in [0.5, 0.6) is 0 Å². The molecule has 6 rings (SSSR count). The van der Waals surface area contributed by atoms with Crippen LogP contribution in [0.2, 0.25) is 0 Å². The number of methoxy groups -OCH3 is 1. The summed E-state index contributed by atoms with van der Waals surface area (Å²) in [4.78, 5) is 97.7. The molecule has 69 heavy (non-hydrogen) atoms. The maximum atomic E-state index is 15.7. The second kappa shape index (κ2) is 20.3. The largest absolute Gasteiger partial charge is 0.455 e. The molecule has 1 aliphatic heterocycles. The minimum Gasteiger partial charge on any atom is -0.455 e. The van der Waals surface area contributed by atoms with Crippen LogP contribution in [0, 0.1) is 22.7 Å². The van der Waals surface area contributed by atoms with Gasteiger partial charge < -0.3 is 53.4 Å². The molecule has 3 N–H and O–H groups in total. The van der Waals surface area contributed by atoms with Gasteiger partial charge in [0, 0.05) is 38.7 Å². The number of ketones is 1. The summed E-state index contributed by atoms with van der Waals surface area (Å²) in [5.74, 6) is -8.19. The van der Waals surface area contributed by atoms with Crippen molar-refractivity contribution in [3.8, 4) is 0 Å². The molecule has 1 saturated heterocycles. The van der Waals surface area contributed by atoms with Crippen molar-refractivity contribution in [1.29, 1.82) is 0 Å². The lowest BCUT2D eigenvalue weighted by molar-refractivity contribution is -0.347. The SMILES string of the molecule is CCCC(=O)OCC(=O)O[C@@H](C(=O)O[C@H]1C[C@@]2(O)[C@@H](OC(=O)c3ccccc3)[C@@H]3[C@]4(OC(C)=O)CO[C@@H]4C[C@H](OC)[C@@]3(C)C(=O)[C@H](CO)C(=C1C)C2(C)C)[C@@H](NC(=O)OC(C)(C)C)c1ccccc1. The standard InChI is InChI=1S/C51H65NO17/c1-11-18-36(55)63-26-37(56)66-40(39(30-19-14-12-15-20-30)52-46(60)69-47(4,5)6)45(59)65-33-24-51(61)43(67-44(58)31-21-16-13-17-22-31)41-49(9,42(57)32(25-53)38(28(33)2)48(51,7)8)34(62-10)23-35-50(41,27-64-35)68-29(3)54/h12-17,19-22,32-35,39-41,43,53,61H,11,18,23-27H2,1-10H3,(H,52,60)/t32-,33+,34+,35-,39+,40-,41+,43+,49-,50+,51-/m1/s1. The number of Topliss-reactive ketones (excluding diaryl/α,β-unsaturated/α-hetero) is 1. The average Bonchev–Trinajstić information content (AvgIpc) is 3.28. The van der Waals surface area contributed by atoms with E-state index in [9.17, 15) is 34.2 Å². The Balaban J connectivity index is 1.54. The third-order valence-electron chi connectivity index (χ3n) is 14.2. The van der Waals surface area contributed by atoms with Gasteiger partial charge in [-0.25, -0.2) is 19.2 Å². The zero-order chi connectivity index (χ0) is 50.9. The lowest BCUT2D eigenvalue weighted by Crippen LogP contribution is -2.81. The Bertz CT molecular complexity index is 2310. The van der Waals surface area contributed by atoms with Gasteiger partial charge in [-0.2, -0.15) is 0 Å². The first kappa shape index (κ1) is 52.7. The van der Waals surface area contributed by atoms with Gasteiger partial charge in [-0.1, -0.05) is 69.3 Å². The Kier molecular flexibility index (Phi) is 15.5. The number of aliphatic hydroxyl groups is 2. The molecular formula is C51H65NO17. The number of amides is 1. The molecule has 1 heterocycles. The summed E-state index contributed by atoms with van der Waals surface area (Å²) in [5.41, 5.74) is -7.65. The van der Waals surface area contributed by atoms with Gasteiger partial charge in [-0.05, 0) is 69.9 Å². The second-order valence-corrected chi connectivity index (χ2v) is 20.0. The van der Waals surface area contributed by atoms with E-state index in [0.717, 1.165) is 0 Å². The first-order chi connectivity index (χ1) is 32.4. The summed E-state index contributed by atoms with van der Waals surface area (Å²) in [6.45, 7) is 12.3. The molecular weight excluding hydrogens is 899 g/mol. The monoisotopic (exact) mass is 963 g/mol. The molecule has 3 aliphatic carbocycles. The highest BCUT2D eigenvalue weighted by molar-refractivity contribution is 5.93. The summed E-state index contributed by atoms with van der Waals surface area (Å²) in [6.07, 6.45) is -8.24. The quantitative estimate of drug-likeness (QED) is 0.120. The Morgan fingerprint density at radius 2 is 1.58 bits per heavy atom. The normalized spacial score (nSPS) is 30.0. The second-order valence-electron chi connectivity index (χ2n) is 20.0. The van der Waals surface area contributed by atoms with E-state index in [1.807, 2.05) is 0 Å². The van der Waals surface area contributed by atoms with Gasteiger partial charge in [-0.3, -0.25) is 14.4 Å². The molecule has 11 atom stereocenters. The van der Waals surface area contributed by atoms with Crippen LogP contribution in [-0.4, -0.2) is 126 Å². The lowest BCUT2D eigenvalue weighted by atomic mass is 9.43. The number of aliphatic hydroxyl groups excluding tert-OH is 1. The fourth-order valence-electron chi connectivity index (χ4n) is 11.0. The Morgan fingerprint density at radius 1 is 0.942 bits per heavy atom. The van der Waals surface area contributed by atoms with Crippen molar-refractivity contribution >= 4 is 41.7 Å². The van der Waals surface area contributed by atoms with Crippen LogP contribution >= 0.6 is 0 Å². The molecule has 0 unspecified atom stereocenters. The van der Waals surface area contributed by atoms with E-state index in [-0.39, 0.29) is 41.7 Å². The number of carbonyl (C=O) groups is 7. The smallest absolute Gasteiger partial charge is 0.408 e. The van der Waals surface area contributed by atoms with E-state index in [1.54, 1.807) is 104 Å². The van der Waals surface area contributed by atoms with E-state index in [4.69, 9.17) is 37.9 Å². The minimum atomic E-state index is -2.35. The predicted molar refractivity (Wildman–Crippen MR) is 243 cm³/mol. The molecule has 2 aromatic carbocycles. The number of benzene rings is 2.